The van der Waals surface area contributed by atoms with E-state index in [1.165, 1.54) is 0 Å². The summed E-state index contributed by atoms with van der Waals surface area (Å²) in [6, 6.07) is 6.25. The number of aliphatic imine (C=N–C) groups is 1. The highest BCUT2D eigenvalue weighted by atomic mass is 79.9. The van der Waals surface area contributed by atoms with Crippen LogP contribution in [0.5, 0.6) is 5.75 Å². The number of methoxy groups -OCH3 is 1. The van der Waals surface area contributed by atoms with Crippen molar-refractivity contribution in [2.24, 2.45) is 4.99 Å². The summed E-state index contributed by atoms with van der Waals surface area (Å²) in [4.78, 5) is 8.78. The van der Waals surface area contributed by atoms with E-state index in [2.05, 4.69) is 41.6 Å². The molecule has 7 nitrogen and oxygen atoms in total. The Balaban J connectivity index is 1.60. The Hall–Kier alpha value is -2.09. The fourth-order valence-electron chi connectivity index (χ4n) is 3.00. The van der Waals surface area contributed by atoms with Gasteiger partial charge in [-0.2, -0.15) is 5.10 Å². The summed E-state index contributed by atoms with van der Waals surface area (Å²) in [6.45, 7) is 3.36. The van der Waals surface area contributed by atoms with Gasteiger partial charge in [-0.1, -0.05) is 15.9 Å². The highest BCUT2D eigenvalue weighted by molar-refractivity contribution is 9.10. The summed E-state index contributed by atoms with van der Waals surface area (Å²) in [7, 11) is 3.46. The third kappa shape index (κ3) is 4.31. The molecule has 0 radical (unpaired) electrons. The number of hydrogen-bond acceptors (Lipinski definition) is 4. The topological polar surface area (TPSA) is 76.4 Å². The van der Waals surface area contributed by atoms with Crippen LogP contribution in [0.4, 0.5) is 0 Å². The first kappa shape index (κ1) is 17.7. The predicted octanol–water partition coefficient (Wildman–Crippen LogP) is 2.04. The molecule has 0 aliphatic carbocycles. The van der Waals surface area contributed by atoms with E-state index in [0.29, 0.717) is 6.54 Å². The van der Waals surface area contributed by atoms with Gasteiger partial charge < -0.3 is 15.4 Å². The van der Waals surface area contributed by atoms with Crippen LogP contribution in [0, 0.1) is 6.92 Å². The molecule has 0 amide bonds. The van der Waals surface area contributed by atoms with Gasteiger partial charge in [0.05, 0.1) is 13.7 Å². The molecule has 0 fully saturated rings. The van der Waals surface area contributed by atoms with Gasteiger partial charge >= 0.3 is 0 Å². The molecular formula is C17H23BrN6O. The third-order valence-electron chi connectivity index (χ3n) is 4.22. The lowest BCUT2D eigenvalue weighted by Gasteiger charge is -2.25. The monoisotopic (exact) mass is 406 g/mol. The minimum absolute atomic E-state index is 0.282. The molecule has 1 aliphatic rings. The van der Waals surface area contributed by atoms with Crippen molar-refractivity contribution in [2.75, 3.05) is 14.2 Å². The highest BCUT2D eigenvalue weighted by Crippen LogP contribution is 2.22. The second-order valence-electron chi connectivity index (χ2n) is 6.02. The highest BCUT2D eigenvalue weighted by Gasteiger charge is 2.21. The Morgan fingerprint density at radius 3 is 3.08 bits per heavy atom. The lowest BCUT2D eigenvalue weighted by atomic mass is 10.1. The number of halogens is 1. The van der Waals surface area contributed by atoms with E-state index in [0.717, 1.165) is 52.8 Å². The smallest absolute Gasteiger partial charge is 0.191 e. The van der Waals surface area contributed by atoms with Crippen molar-refractivity contribution in [2.45, 2.75) is 38.9 Å². The number of aryl methyl sites for hydroxylation is 2. The van der Waals surface area contributed by atoms with Crippen molar-refractivity contribution in [1.82, 2.24) is 25.4 Å². The lowest BCUT2D eigenvalue weighted by Crippen LogP contribution is -2.46. The normalized spacial score (nSPS) is 17.1. The molecular weight excluding hydrogens is 384 g/mol. The van der Waals surface area contributed by atoms with E-state index in [1.807, 2.05) is 29.8 Å². The first-order valence-electron chi connectivity index (χ1n) is 8.29. The molecule has 2 aromatic rings. The summed E-state index contributed by atoms with van der Waals surface area (Å²) in [5.74, 6) is 3.52. The molecule has 0 bridgehead atoms. The van der Waals surface area contributed by atoms with Crippen molar-refractivity contribution in [3.05, 3.63) is 39.9 Å². The Labute approximate surface area is 156 Å². The SMILES string of the molecule is CN=C(NCc1cc(Br)ccc1OC)NC1CCc2nc(C)nn2C1. The maximum absolute atomic E-state index is 5.42. The number of hydrogen-bond donors (Lipinski definition) is 2. The molecule has 1 unspecified atom stereocenters. The summed E-state index contributed by atoms with van der Waals surface area (Å²) in [5.41, 5.74) is 1.07. The fraction of sp³-hybridized carbons (Fsp3) is 0.471. The van der Waals surface area contributed by atoms with Gasteiger partial charge in [0.15, 0.2) is 5.96 Å². The fourth-order valence-corrected chi connectivity index (χ4v) is 3.41. The minimum Gasteiger partial charge on any atom is -0.496 e. The summed E-state index contributed by atoms with van der Waals surface area (Å²) in [5, 5.41) is 11.3. The van der Waals surface area contributed by atoms with Crippen LogP contribution in [0.2, 0.25) is 0 Å². The van der Waals surface area contributed by atoms with E-state index in [9.17, 15) is 0 Å². The molecule has 1 aromatic carbocycles. The summed E-state index contributed by atoms with van der Waals surface area (Å²) >= 11 is 3.50. The van der Waals surface area contributed by atoms with Crippen LogP contribution in [-0.2, 0) is 19.5 Å². The number of benzene rings is 1. The molecule has 0 saturated carbocycles. The number of rotatable bonds is 4. The zero-order valence-corrected chi connectivity index (χ0v) is 16.3. The first-order chi connectivity index (χ1) is 12.1. The number of guanidine groups is 1. The lowest BCUT2D eigenvalue weighted by molar-refractivity contribution is 0.391. The van der Waals surface area contributed by atoms with Crippen LogP contribution in [0.15, 0.2) is 27.7 Å². The first-order valence-corrected chi connectivity index (χ1v) is 9.08. The molecule has 3 rings (SSSR count). The summed E-state index contributed by atoms with van der Waals surface area (Å²) < 4.78 is 8.43. The molecule has 2 N–H and O–H groups in total. The Morgan fingerprint density at radius 2 is 2.32 bits per heavy atom. The van der Waals surface area contributed by atoms with Gasteiger partial charge in [-0.25, -0.2) is 9.67 Å². The second kappa shape index (κ2) is 7.86. The molecule has 2 heterocycles. The maximum atomic E-state index is 5.42. The Kier molecular flexibility index (Phi) is 5.57. The van der Waals surface area contributed by atoms with E-state index >= 15 is 0 Å². The quantitative estimate of drug-likeness (QED) is 0.599. The number of nitrogens with one attached hydrogen (secondary N) is 2. The van der Waals surface area contributed by atoms with Gasteiger partial charge in [0.1, 0.15) is 17.4 Å². The van der Waals surface area contributed by atoms with Crippen LogP contribution in [-0.4, -0.2) is 40.9 Å². The Morgan fingerprint density at radius 1 is 1.48 bits per heavy atom. The van der Waals surface area contributed by atoms with Crippen molar-refractivity contribution in [1.29, 1.82) is 0 Å². The van der Waals surface area contributed by atoms with Crippen molar-refractivity contribution in [3.8, 4) is 5.75 Å². The average molecular weight is 407 g/mol. The van der Waals surface area contributed by atoms with Crippen molar-refractivity contribution >= 4 is 21.9 Å². The van der Waals surface area contributed by atoms with E-state index in [-0.39, 0.29) is 6.04 Å². The summed E-state index contributed by atoms with van der Waals surface area (Å²) in [6.07, 6.45) is 1.94. The number of ether oxygens (including phenoxy) is 1. The van der Waals surface area contributed by atoms with Gasteiger partial charge in [-0.3, -0.25) is 4.99 Å². The molecule has 1 aromatic heterocycles. The Bertz CT molecular complexity index is 772. The van der Waals surface area contributed by atoms with Gasteiger partial charge in [0.25, 0.3) is 0 Å². The van der Waals surface area contributed by atoms with Crippen molar-refractivity contribution in [3.63, 3.8) is 0 Å². The number of nitrogens with zero attached hydrogens (tertiary/aromatic N) is 4. The van der Waals surface area contributed by atoms with Gasteiger partial charge in [-0.15, -0.1) is 0 Å². The van der Waals surface area contributed by atoms with Crippen LogP contribution in [0.1, 0.15) is 23.6 Å². The third-order valence-corrected chi connectivity index (χ3v) is 4.71. The van der Waals surface area contributed by atoms with Crippen LogP contribution in [0.3, 0.4) is 0 Å². The molecule has 1 aliphatic heterocycles. The minimum atomic E-state index is 0.282. The van der Waals surface area contributed by atoms with E-state index in [4.69, 9.17) is 4.74 Å². The molecule has 0 saturated heterocycles. The standard InChI is InChI=1S/C17H23BrN6O/c1-11-21-16-7-5-14(10-24(16)23-11)22-17(19-2)20-9-12-8-13(18)4-6-15(12)25-3/h4,6,8,14H,5,7,9-10H2,1-3H3,(H2,19,20,22). The van der Waals surface area contributed by atoms with Crippen LogP contribution in [0.25, 0.3) is 0 Å². The zero-order valence-electron chi connectivity index (χ0n) is 14.7. The maximum Gasteiger partial charge on any atom is 0.191 e. The van der Waals surface area contributed by atoms with E-state index < -0.39 is 0 Å². The van der Waals surface area contributed by atoms with Gasteiger partial charge in [0.2, 0.25) is 0 Å². The van der Waals surface area contributed by atoms with Crippen LogP contribution < -0.4 is 15.4 Å². The molecule has 134 valence electrons. The molecule has 0 spiro atoms. The van der Waals surface area contributed by atoms with Gasteiger partial charge in [-0.05, 0) is 31.5 Å². The average Bonchev–Trinajstić information content (AvgIpc) is 2.98. The second-order valence-corrected chi connectivity index (χ2v) is 6.93. The van der Waals surface area contributed by atoms with Gasteiger partial charge in [0, 0.05) is 36.1 Å². The molecule has 1 atom stereocenters. The largest absolute Gasteiger partial charge is 0.496 e. The zero-order chi connectivity index (χ0) is 17.8. The number of aromatic nitrogens is 3. The van der Waals surface area contributed by atoms with Crippen molar-refractivity contribution < 1.29 is 4.74 Å². The molecule has 8 heteroatoms. The van der Waals surface area contributed by atoms with Crippen LogP contribution >= 0.6 is 15.9 Å². The number of fused-ring (bicyclic) bond motifs is 1. The van der Waals surface area contributed by atoms with E-state index in [1.54, 1.807) is 14.2 Å². The molecule has 25 heavy (non-hydrogen) atoms. The predicted molar refractivity (Wildman–Crippen MR) is 101 cm³/mol.